The van der Waals surface area contributed by atoms with E-state index in [1.807, 2.05) is 19.9 Å². The molecule has 26 heavy (non-hydrogen) atoms. The first kappa shape index (κ1) is 18.7. The van der Waals surface area contributed by atoms with E-state index in [0.717, 1.165) is 23.2 Å². The van der Waals surface area contributed by atoms with Gasteiger partial charge in [-0.15, -0.1) is 0 Å². The molecule has 1 N–H and O–H groups in total. The van der Waals surface area contributed by atoms with Crippen LogP contribution in [-0.2, 0) is 11.0 Å². The molecule has 0 radical (unpaired) electrons. The molecule has 0 amide bonds. The van der Waals surface area contributed by atoms with Crippen LogP contribution in [-0.4, -0.2) is 15.1 Å². The Kier molecular flexibility index (Phi) is 4.96. The minimum atomic E-state index is -0.528. The Balaban J connectivity index is 1.99. The van der Waals surface area contributed by atoms with Crippen molar-refractivity contribution in [2.75, 3.05) is 0 Å². The molecular formula is C22H30N2O2. The number of aromatic hydroxyl groups is 1. The summed E-state index contributed by atoms with van der Waals surface area (Å²) in [6, 6.07) is 3.97. The molecule has 4 heteroatoms. The zero-order valence-corrected chi connectivity index (χ0v) is 16.6. The molecule has 0 aliphatic carbocycles. The third-order valence-corrected chi connectivity index (χ3v) is 5.48. The van der Waals surface area contributed by atoms with Crippen LogP contribution in [0.25, 0.3) is 11.3 Å². The highest BCUT2D eigenvalue weighted by atomic mass is 16.5. The molecule has 0 bridgehead atoms. The number of ether oxygens (including phenoxy) is 1. The van der Waals surface area contributed by atoms with E-state index in [4.69, 9.17) is 4.74 Å². The minimum absolute atomic E-state index is 0.0142. The highest BCUT2D eigenvalue weighted by Gasteiger charge is 2.36. The number of hydrogen-bond donors (Lipinski definition) is 1. The van der Waals surface area contributed by atoms with Crippen LogP contribution >= 0.6 is 0 Å². The number of fused-ring (bicyclic) bond motifs is 3. The van der Waals surface area contributed by atoms with Gasteiger partial charge in [-0.1, -0.05) is 46.5 Å². The number of nitrogens with zero attached hydrogens (tertiary/aromatic N) is 2. The highest BCUT2D eigenvalue weighted by molar-refractivity contribution is 5.79. The molecule has 4 nitrogen and oxygen atoms in total. The molecule has 1 aliphatic rings. The van der Waals surface area contributed by atoms with Crippen molar-refractivity contribution in [3.8, 4) is 22.8 Å². The Labute approximate surface area is 156 Å². The summed E-state index contributed by atoms with van der Waals surface area (Å²) in [6.07, 6.45) is 9.36. The predicted molar refractivity (Wildman–Crippen MR) is 105 cm³/mol. The first-order valence-corrected chi connectivity index (χ1v) is 9.63. The number of phenolic OH excluding ortho intramolecular Hbond substituents is 1. The fourth-order valence-corrected chi connectivity index (χ4v) is 3.75. The summed E-state index contributed by atoms with van der Waals surface area (Å²) in [5.41, 5.74) is 2.90. The van der Waals surface area contributed by atoms with Crippen molar-refractivity contribution in [2.45, 2.75) is 77.7 Å². The van der Waals surface area contributed by atoms with Gasteiger partial charge in [0.1, 0.15) is 23.4 Å². The summed E-state index contributed by atoms with van der Waals surface area (Å²) in [5.74, 6) is 0.937. The lowest BCUT2D eigenvalue weighted by atomic mass is 9.78. The maximum absolute atomic E-state index is 10.8. The molecule has 1 aliphatic heterocycles. The standard InChI is InChI=1S/C22H30N2O2/c1-6-7-8-9-10-21(2,3)15-11-17(25)19-18(12-15)26-22(4,5)16-13-23-14-24-20(16)19/h11-14,25H,6-10H2,1-5H3. The summed E-state index contributed by atoms with van der Waals surface area (Å²) in [7, 11) is 0. The Morgan fingerprint density at radius 1 is 1.15 bits per heavy atom. The van der Waals surface area contributed by atoms with Gasteiger partial charge in [-0.3, -0.25) is 0 Å². The van der Waals surface area contributed by atoms with Crippen LogP contribution in [0.5, 0.6) is 11.5 Å². The van der Waals surface area contributed by atoms with E-state index in [-0.39, 0.29) is 11.2 Å². The Hall–Kier alpha value is -2.10. The fourth-order valence-electron chi connectivity index (χ4n) is 3.75. The minimum Gasteiger partial charge on any atom is -0.507 e. The first-order chi connectivity index (χ1) is 12.3. The molecule has 1 aromatic heterocycles. The Morgan fingerprint density at radius 2 is 1.92 bits per heavy atom. The molecule has 1 aromatic carbocycles. The van der Waals surface area contributed by atoms with Gasteiger partial charge in [0.25, 0.3) is 0 Å². The van der Waals surface area contributed by atoms with Crippen molar-refractivity contribution in [1.29, 1.82) is 0 Å². The van der Waals surface area contributed by atoms with Crippen LogP contribution in [0.4, 0.5) is 0 Å². The SMILES string of the molecule is CCCCCCC(C)(C)c1cc(O)c2c(c1)OC(C)(C)c1cncnc1-2. The number of rotatable bonds is 6. The van der Waals surface area contributed by atoms with Crippen molar-refractivity contribution in [2.24, 2.45) is 0 Å². The number of unbranched alkanes of at least 4 members (excludes halogenated alkanes) is 3. The molecule has 0 atom stereocenters. The largest absolute Gasteiger partial charge is 0.507 e. The van der Waals surface area contributed by atoms with Crippen LogP contribution in [0.2, 0.25) is 0 Å². The smallest absolute Gasteiger partial charge is 0.134 e. The molecule has 2 heterocycles. The van der Waals surface area contributed by atoms with E-state index in [1.54, 1.807) is 6.20 Å². The summed E-state index contributed by atoms with van der Waals surface area (Å²) < 4.78 is 6.27. The molecule has 0 unspecified atom stereocenters. The normalized spacial score (nSPS) is 15.1. The summed E-state index contributed by atoms with van der Waals surface area (Å²) in [6.45, 7) is 10.7. The van der Waals surface area contributed by atoms with Crippen LogP contribution in [0.3, 0.4) is 0 Å². The average Bonchev–Trinajstić information content (AvgIpc) is 2.58. The Morgan fingerprint density at radius 3 is 2.65 bits per heavy atom. The molecule has 2 aromatic rings. The van der Waals surface area contributed by atoms with Gasteiger partial charge in [0.05, 0.1) is 11.3 Å². The quantitative estimate of drug-likeness (QED) is 0.674. The van der Waals surface area contributed by atoms with E-state index < -0.39 is 5.60 Å². The zero-order valence-electron chi connectivity index (χ0n) is 16.6. The van der Waals surface area contributed by atoms with E-state index >= 15 is 0 Å². The molecule has 0 saturated carbocycles. The maximum Gasteiger partial charge on any atom is 0.134 e. The zero-order chi connectivity index (χ0) is 18.9. The van der Waals surface area contributed by atoms with Crippen molar-refractivity contribution < 1.29 is 9.84 Å². The van der Waals surface area contributed by atoms with Crippen LogP contribution in [0, 0.1) is 0 Å². The monoisotopic (exact) mass is 354 g/mol. The second-order valence-corrected chi connectivity index (χ2v) is 8.46. The van der Waals surface area contributed by atoms with Crippen LogP contribution in [0.15, 0.2) is 24.7 Å². The molecule has 0 saturated heterocycles. The Bertz CT molecular complexity index is 797. The molecular weight excluding hydrogens is 324 g/mol. The van der Waals surface area contributed by atoms with Gasteiger partial charge in [0.15, 0.2) is 0 Å². The average molecular weight is 354 g/mol. The van der Waals surface area contributed by atoms with E-state index in [0.29, 0.717) is 11.3 Å². The molecule has 0 fully saturated rings. The van der Waals surface area contributed by atoms with E-state index in [2.05, 4.69) is 36.8 Å². The third-order valence-electron chi connectivity index (χ3n) is 5.48. The predicted octanol–water partition coefficient (Wildman–Crippen LogP) is 5.72. The lowest BCUT2D eigenvalue weighted by molar-refractivity contribution is 0.104. The maximum atomic E-state index is 10.8. The molecule has 0 spiro atoms. The van der Waals surface area contributed by atoms with Crippen LogP contribution in [0.1, 0.15) is 77.8 Å². The number of phenols is 1. The number of benzene rings is 1. The van der Waals surface area contributed by atoms with E-state index in [1.165, 1.54) is 32.0 Å². The van der Waals surface area contributed by atoms with Gasteiger partial charge in [0.2, 0.25) is 0 Å². The van der Waals surface area contributed by atoms with Crippen molar-refractivity contribution in [1.82, 2.24) is 9.97 Å². The van der Waals surface area contributed by atoms with Gasteiger partial charge in [-0.2, -0.15) is 0 Å². The first-order valence-electron chi connectivity index (χ1n) is 9.63. The van der Waals surface area contributed by atoms with Gasteiger partial charge < -0.3 is 9.84 Å². The van der Waals surface area contributed by atoms with Gasteiger partial charge in [0, 0.05) is 11.8 Å². The number of aromatic nitrogens is 2. The van der Waals surface area contributed by atoms with E-state index in [9.17, 15) is 5.11 Å². The van der Waals surface area contributed by atoms with Gasteiger partial charge in [-0.05, 0) is 43.4 Å². The summed E-state index contributed by atoms with van der Waals surface area (Å²) in [5, 5.41) is 10.8. The van der Waals surface area contributed by atoms with Crippen molar-refractivity contribution in [3.63, 3.8) is 0 Å². The molecule has 3 rings (SSSR count). The topological polar surface area (TPSA) is 55.2 Å². The summed E-state index contributed by atoms with van der Waals surface area (Å²) >= 11 is 0. The lowest BCUT2D eigenvalue weighted by Gasteiger charge is -2.35. The van der Waals surface area contributed by atoms with Gasteiger partial charge >= 0.3 is 0 Å². The number of hydrogen-bond acceptors (Lipinski definition) is 4. The van der Waals surface area contributed by atoms with Gasteiger partial charge in [-0.25, -0.2) is 9.97 Å². The fraction of sp³-hybridized carbons (Fsp3) is 0.545. The third kappa shape index (κ3) is 3.42. The second kappa shape index (κ2) is 6.90. The van der Waals surface area contributed by atoms with Crippen LogP contribution < -0.4 is 4.74 Å². The highest BCUT2D eigenvalue weighted by Crippen LogP contribution is 2.49. The van der Waals surface area contributed by atoms with Crippen molar-refractivity contribution >= 4 is 0 Å². The summed E-state index contributed by atoms with van der Waals surface area (Å²) in [4.78, 5) is 8.56. The lowest BCUT2D eigenvalue weighted by Crippen LogP contribution is -2.30. The molecule has 140 valence electrons. The van der Waals surface area contributed by atoms with Crippen molar-refractivity contribution in [3.05, 3.63) is 35.8 Å². The second-order valence-electron chi connectivity index (χ2n) is 8.46.